The predicted octanol–water partition coefficient (Wildman–Crippen LogP) is 5.28. The molecule has 1 aliphatic heterocycles. The van der Waals surface area contributed by atoms with Crippen LogP contribution >= 0.6 is 11.8 Å². The fourth-order valence-corrected chi connectivity index (χ4v) is 4.81. The summed E-state index contributed by atoms with van der Waals surface area (Å²) in [6.07, 6.45) is 5.69. The van der Waals surface area contributed by atoms with Crippen molar-refractivity contribution in [1.29, 1.82) is 0 Å². The van der Waals surface area contributed by atoms with Crippen LogP contribution in [0.2, 0.25) is 0 Å². The number of hydrogen-bond acceptors (Lipinski definition) is 3. The summed E-state index contributed by atoms with van der Waals surface area (Å²) >= 11 is 1.60. The number of halogens is 1. The first-order valence-electron chi connectivity index (χ1n) is 10.6. The Labute approximate surface area is 187 Å². The summed E-state index contributed by atoms with van der Waals surface area (Å²) in [5.74, 6) is 0.683. The van der Waals surface area contributed by atoms with E-state index >= 15 is 0 Å². The van der Waals surface area contributed by atoms with Crippen molar-refractivity contribution in [2.45, 2.75) is 19.4 Å². The SMILES string of the molecule is CN(C)CCCN(Cc1cc(-c2ccc3[nH]ccc3c2)ccc1F)C(=O)C1=CCCS1. The van der Waals surface area contributed by atoms with Crippen molar-refractivity contribution >= 4 is 28.6 Å². The molecule has 4 rings (SSSR count). The highest BCUT2D eigenvalue weighted by molar-refractivity contribution is 8.04. The molecule has 2 aromatic carbocycles. The average molecular weight is 438 g/mol. The van der Waals surface area contributed by atoms with Gasteiger partial charge in [-0.05, 0) is 80.3 Å². The lowest BCUT2D eigenvalue weighted by Crippen LogP contribution is -2.33. The Morgan fingerprint density at radius 2 is 1.90 bits per heavy atom. The van der Waals surface area contributed by atoms with Crippen molar-refractivity contribution in [1.82, 2.24) is 14.8 Å². The molecule has 1 amide bonds. The van der Waals surface area contributed by atoms with Gasteiger partial charge in [0.2, 0.25) is 0 Å². The normalized spacial score (nSPS) is 13.7. The predicted molar refractivity (Wildman–Crippen MR) is 127 cm³/mol. The number of allylic oxidation sites excluding steroid dienone is 1. The quantitative estimate of drug-likeness (QED) is 0.521. The molecule has 0 atom stereocenters. The van der Waals surface area contributed by atoms with Gasteiger partial charge in [0.25, 0.3) is 5.91 Å². The van der Waals surface area contributed by atoms with Crippen LogP contribution in [0.3, 0.4) is 0 Å². The van der Waals surface area contributed by atoms with Crippen LogP contribution in [0.4, 0.5) is 4.39 Å². The second kappa shape index (κ2) is 9.71. The minimum absolute atomic E-state index is 0.0137. The first kappa shape index (κ1) is 21.7. The molecular weight excluding hydrogens is 409 g/mol. The maximum absolute atomic E-state index is 14.8. The van der Waals surface area contributed by atoms with Crippen LogP contribution in [0.5, 0.6) is 0 Å². The molecular formula is C25H28FN3OS. The fourth-order valence-electron chi connectivity index (χ4n) is 3.87. The van der Waals surface area contributed by atoms with Gasteiger partial charge < -0.3 is 14.8 Å². The number of carbonyl (C=O) groups excluding carboxylic acids is 1. The molecule has 0 spiro atoms. The molecule has 0 fully saturated rings. The number of amides is 1. The summed E-state index contributed by atoms with van der Waals surface area (Å²) < 4.78 is 14.8. The van der Waals surface area contributed by atoms with Crippen LogP contribution in [-0.2, 0) is 11.3 Å². The molecule has 2 heterocycles. The summed E-state index contributed by atoms with van der Waals surface area (Å²) in [5.41, 5.74) is 3.61. The number of benzene rings is 2. The zero-order chi connectivity index (χ0) is 21.8. The molecule has 0 saturated heterocycles. The van der Waals surface area contributed by atoms with Crippen molar-refractivity contribution in [3.8, 4) is 11.1 Å². The molecule has 0 unspecified atom stereocenters. The zero-order valence-corrected chi connectivity index (χ0v) is 18.8. The molecule has 0 radical (unpaired) electrons. The smallest absolute Gasteiger partial charge is 0.260 e. The molecule has 162 valence electrons. The Morgan fingerprint density at radius 1 is 1.10 bits per heavy atom. The number of rotatable bonds is 8. The standard InChI is InChI=1S/C25H28FN3OS/c1-28(2)12-4-13-29(25(30)24-5-3-14-31-24)17-21-16-18(6-8-22(21)26)19-7-9-23-20(15-19)10-11-27-23/h5-11,15-16,27H,3-4,12-14,17H2,1-2H3. The van der Waals surface area contributed by atoms with Crippen LogP contribution in [0, 0.1) is 5.82 Å². The van der Waals surface area contributed by atoms with Crippen molar-refractivity contribution in [2.75, 3.05) is 32.9 Å². The lowest BCUT2D eigenvalue weighted by atomic mass is 10.0. The third-order valence-electron chi connectivity index (χ3n) is 5.53. The van der Waals surface area contributed by atoms with Crippen LogP contribution in [0.1, 0.15) is 18.4 Å². The Morgan fingerprint density at radius 3 is 2.68 bits per heavy atom. The summed E-state index contributed by atoms with van der Waals surface area (Å²) in [5, 5.41) is 1.12. The summed E-state index contributed by atoms with van der Waals surface area (Å²) in [7, 11) is 4.04. The highest BCUT2D eigenvalue weighted by Crippen LogP contribution is 2.29. The maximum Gasteiger partial charge on any atom is 0.260 e. The Hall–Kier alpha value is -2.57. The highest BCUT2D eigenvalue weighted by atomic mass is 32.2. The van der Waals surface area contributed by atoms with Gasteiger partial charge in [0, 0.05) is 36.1 Å². The first-order valence-corrected chi connectivity index (χ1v) is 11.6. The van der Waals surface area contributed by atoms with E-state index in [1.807, 2.05) is 50.6 Å². The van der Waals surface area contributed by atoms with Gasteiger partial charge in [0.15, 0.2) is 0 Å². The van der Waals surface area contributed by atoms with Gasteiger partial charge in [-0.3, -0.25) is 4.79 Å². The molecule has 1 aliphatic rings. The van der Waals surface area contributed by atoms with Crippen molar-refractivity contribution < 1.29 is 9.18 Å². The average Bonchev–Trinajstić information content (AvgIpc) is 3.45. The van der Waals surface area contributed by atoms with Gasteiger partial charge in [-0.25, -0.2) is 4.39 Å². The number of nitrogens with zero attached hydrogens (tertiary/aromatic N) is 2. The minimum atomic E-state index is -0.273. The number of thioether (sulfide) groups is 1. The van der Waals surface area contributed by atoms with E-state index in [4.69, 9.17) is 0 Å². The van der Waals surface area contributed by atoms with Crippen LogP contribution < -0.4 is 0 Å². The lowest BCUT2D eigenvalue weighted by Gasteiger charge is -2.24. The second-order valence-electron chi connectivity index (χ2n) is 8.17. The molecule has 0 saturated carbocycles. The molecule has 0 aliphatic carbocycles. The molecule has 4 nitrogen and oxygen atoms in total. The van der Waals surface area contributed by atoms with Crippen LogP contribution in [-0.4, -0.2) is 53.6 Å². The summed E-state index contributed by atoms with van der Waals surface area (Å²) in [4.78, 5) is 21.0. The molecule has 1 N–H and O–H groups in total. The highest BCUT2D eigenvalue weighted by Gasteiger charge is 2.22. The van der Waals surface area contributed by atoms with Crippen molar-refractivity contribution in [3.63, 3.8) is 0 Å². The van der Waals surface area contributed by atoms with E-state index in [0.29, 0.717) is 12.1 Å². The van der Waals surface area contributed by atoms with Gasteiger partial charge in [-0.1, -0.05) is 18.2 Å². The number of carbonyl (C=O) groups is 1. The molecule has 1 aromatic heterocycles. The van der Waals surface area contributed by atoms with E-state index in [2.05, 4.69) is 16.0 Å². The topological polar surface area (TPSA) is 39.3 Å². The largest absolute Gasteiger partial charge is 0.361 e. The van der Waals surface area contributed by atoms with Crippen molar-refractivity contribution in [3.05, 3.63) is 71.0 Å². The number of aromatic amines is 1. The fraction of sp³-hybridized carbons (Fsp3) is 0.320. The van der Waals surface area contributed by atoms with Gasteiger partial charge in [0.1, 0.15) is 5.82 Å². The first-order chi connectivity index (χ1) is 15.0. The molecule has 6 heteroatoms. The van der Waals surface area contributed by atoms with E-state index in [1.54, 1.807) is 22.7 Å². The van der Waals surface area contributed by atoms with E-state index in [0.717, 1.165) is 52.1 Å². The third-order valence-corrected chi connectivity index (χ3v) is 6.62. The third kappa shape index (κ3) is 5.20. The molecule has 31 heavy (non-hydrogen) atoms. The molecule has 0 bridgehead atoms. The van der Waals surface area contributed by atoms with E-state index in [-0.39, 0.29) is 18.3 Å². The number of hydrogen-bond donors (Lipinski definition) is 1. The van der Waals surface area contributed by atoms with E-state index in [9.17, 15) is 9.18 Å². The van der Waals surface area contributed by atoms with Gasteiger partial charge in [0.05, 0.1) is 4.91 Å². The van der Waals surface area contributed by atoms with Crippen LogP contribution in [0.15, 0.2) is 59.6 Å². The summed E-state index contributed by atoms with van der Waals surface area (Å²) in [6, 6.07) is 13.4. The zero-order valence-electron chi connectivity index (χ0n) is 18.0. The monoisotopic (exact) mass is 437 g/mol. The minimum Gasteiger partial charge on any atom is -0.361 e. The van der Waals surface area contributed by atoms with E-state index < -0.39 is 0 Å². The second-order valence-corrected chi connectivity index (χ2v) is 9.31. The Balaban J connectivity index is 1.59. The van der Waals surface area contributed by atoms with Crippen molar-refractivity contribution in [2.24, 2.45) is 0 Å². The number of fused-ring (bicyclic) bond motifs is 1. The number of nitrogens with one attached hydrogen (secondary N) is 1. The number of aromatic nitrogens is 1. The Kier molecular flexibility index (Phi) is 6.78. The maximum atomic E-state index is 14.8. The van der Waals surface area contributed by atoms with Gasteiger partial charge in [-0.15, -0.1) is 11.8 Å². The van der Waals surface area contributed by atoms with Gasteiger partial charge >= 0.3 is 0 Å². The Bertz CT molecular complexity index is 1110. The van der Waals surface area contributed by atoms with Crippen LogP contribution in [0.25, 0.3) is 22.0 Å². The number of H-pyrrole nitrogens is 1. The van der Waals surface area contributed by atoms with Gasteiger partial charge in [-0.2, -0.15) is 0 Å². The lowest BCUT2D eigenvalue weighted by molar-refractivity contribution is -0.127. The molecule has 3 aromatic rings. The van der Waals surface area contributed by atoms with E-state index in [1.165, 1.54) is 6.07 Å². The summed E-state index contributed by atoms with van der Waals surface area (Å²) in [6.45, 7) is 1.76.